The number of ether oxygens (including phenoxy) is 1. The Hall–Kier alpha value is -2.06. The molecule has 0 aliphatic carbocycles. The number of nitrogens with zero attached hydrogens (tertiary/aromatic N) is 1. The fourth-order valence-corrected chi connectivity index (χ4v) is 3.57. The summed E-state index contributed by atoms with van der Waals surface area (Å²) in [4.78, 5) is 27.0. The van der Waals surface area contributed by atoms with E-state index in [9.17, 15) is 9.59 Å². The second-order valence-electron chi connectivity index (χ2n) is 10.6. The molecule has 0 bridgehead atoms. The first-order valence-electron chi connectivity index (χ1n) is 13.0. The smallest absolute Gasteiger partial charge is 0.306 e. The minimum absolute atomic E-state index is 0.113. The number of halogens is 1. The molecular formula is C30H50BrN3O3S. The lowest BCUT2D eigenvalue weighted by Crippen LogP contribution is -2.27. The molecule has 4 N–H and O–H groups in total. The van der Waals surface area contributed by atoms with Crippen LogP contribution in [0.3, 0.4) is 0 Å². The lowest BCUT2D eigenvalue weighted by Gasteiger charge is -2.26. The number of hydrogen-bond donors (Lipinski definition) is 2. The van der Waals surface area contributed by atoms with E-state index >= 15 is 0 Å². The van der Waals surface area contributed by atoms with Gasteiger partial charge in [0.25, 0.3) is 5.91 Å². The van der Waals surface area contributed by atoms with Crippen LogP contribution in [0.5, 0.6) is 0 Å². The molecule has 1 amide bonds. The van der Waals surface area contributed by atoms with E-state index in [0.29, 0.717) is 16.6 Å². The van der Waals surface area contributed by atoms with Crippen molar-refractivity contribution in [2.24, 2.45) is 21.9 Å². The SMILES string of the molecule is C/C(Br)=C\N=CN.CC/C=C(\SC(C)C(C)(C)C)C(N)=O.CCC(C)(C)OC(=O)CCc1ccc(C)cc1. The molecular weight excluding hydrogens is 562 g/mol. The molecule has 6 nitrogen and oxygen atoms in total. The molecule has 0 heterocycles. The third-order valence-electron chi connectivity index (χ3n) is 5.47. The molecule has 0 saturated heterocycles. The highest BCUT2D eigenvalue weighted by atomic mass is 79.9. The predicted molar refractivity (Wildman–Crippen MR) is 169 cm³/mol. The van der Waals surface area contributed by atoms with E-state index in [2.05, 4.69) is 79.8 Å². The van der Waals surface area contributed by atoms with Crippen molar-refractivity contribution < 1.29 is 14.3 Å². The molecule has 1 unspecified atom stereocenters. The van der Waals surface area contributed by atoms with E-state index in [-0.39, 0.29) is 22.9 Å². The highest BCUT2D eigenvalue weighted by Gasteiger charge is 2.23. The van der Waals surface area contributed by atoms with Crippen molar-refractivity contribution in [1.82, 2.24) is 0 Å². The largest absolute Gasteiger partial charge is 0.460 e. The maximum absolute atomic E-state index is 11.6. The summed E-state index contributed by atoms with van der Waals surface area (Å²) < 4.78 is 6.36. The van der Waals surface area contributed by atoms with Gasteiger partial charge in [0.1, 0.15) is 5.60 Å². The van der Waals surface area contributed by atoms with Crippen LogP contribution in [0.2, 0.25) is 0 Å². The number of carbonyl (C=O) groups is 2. The lowest BCUT2D eigenvalue weighted by atomic mass is 9.93. The second kappa shape index (κ2) is 19.9. The van der Waals surface area contributed by atoms with Crippen LogP contribution in [0.25, 0.3) is 0 Å². The average Bonchev–Trinajstić information content (AvgIpc) is 2.82. The number of primary amides is 1. The van der Waals surface area contributed by atoms with E-state index in [1.54, 1.807) is 18.0 Å². The Balaban J connectivity index is 0. The summed E-state index contributed by atoms with van der Waals surface area (Å²) in [5.41, 5.74) is 12.5. The van der Waals surface area contributed by atoms with Crippen LogP contribution in [0.1, 0.15) is 92.7 Å². The van der Waals surface area contributed by atoms with E-state index < -0.39 is 0 Å². The Morgan fingerprint density at radius 2 is 1.68 bits per heavy atom. The molecule has 0 saturated carbocycles. The van der Waals surface area contributed by atoms with Gasteiger partial charge >= 0.3 is 5.97 Å². The summed E-state index contributed by atoms with van der Waals surface area (Å²) in [7, 11) is 0. The highest BCUT2D eigenvalue weighted by molar-refractivity contribution is 9.11. The van der Waals surface area contributed by atoms with Crippen LogP contribution in [-0.4, -0.2) is 29.1 Å². The molecule has 8 heteroatoms. The zero-order valence-electron chi connectivity index (χ0n) is 25.1. The van der Waals surface area contributed by atoms with Crippen molar-refractivity contribution in [3.63, 3.8) is 0 Å². The van der Waals surface area contributed by atoms with E-state index in [1.165, 1.54) is 17.5 Å². The van der Waals surface area contributed by atoms with Crippen molar-refractivity contribution in [1.29, 1.82) is 0 Å². The highest BCUT2D eigenvalue weighted by Crippen LogP contribution is 2.34. The number of thioether (sulfide) groups is 1. The van der Waals surface area contributed by atoms with Crippen molar-refractivity contribution in [3.8, 4) is 0 Å². The van der Waals surface area contributed by atoms with Crippen molar-refractivity contribution in [3.05, 3.63) is 57.1 Å². The number of allylic oxidation sites excluding steroid dienone is 2. The first-order valence-corrected chi connectivity index (χ1v) is 14.7. The van der Waals surface area contributed by atoms with E-state index in [0.717, 1.165) is 23.7 Å². The van der Waals surface area contributed by atoms with Crippen LogP contribution in [0.15, 0.2) is 50.9 Å². The van der Waals surface area contributed by atoms with Gasteiger partial charge in [-0.2, -0.15) is 0 Å². The number of amides is 1. The van der Waals surface area contributed by atoms with Crippen molar-refractivity contribution in [2.45, 2.75) is 106 Å². The zero-order valence-corrected chi connectivity index (χ0v) is 27.5. The number of rotatable bonds is 10. The van der Waals surface area contributed by atoms with Gasteiger partial charge < -0.3 is 16.2 Å². The molecule has 0 aliphatic heterocycles. The number of nitrogens with two attached hydrogens (primary N) is 2. The molecule has 0 aliphatic rings. The average molecular weight is 613 g/mol. The number of aliphatic imine (C=N–C) groups is 1. The first kappa shape index (κ1) is 38.1. The maximum atomic E-state index is 11.6. The van der Waals surface area contributed by atoms with Gasteiger partial charge in [0.05, 0.1) is 11.2 Å². The minimum Gasteiger partial charge on any atom is -0.460 e. The topological polar surface area (TPSA) is 108 Å². The van der Waals surface area contributed by atoms with Gasteiger partial charge in [0.2, 0.25) is 0 Å². The number of esters is 1. The lowest BCUT2D eigenvalue weighted by molar-refractivity contribution is -0.156. The van der Waals surface area contributed by atoms with Crippen LogP contribution in [0, 0.1) is 12.3 Å². The summed E-state index contributed by atoms with van der Waals surface area (Å²) >= 11 is 4.74. The Morgan fingerprint density at radius 3 is 2.05 bits per heavy atom. The van der Waals surface area contributed by atoms with Crippen LogP contribution >= 0.6 is 27.7 Å². The molecule has 0 radical (unpaired) electrons. The van der Waals surface area contributed by atoms with Gasteiger partial charge in [-0.15, -0.1) is 11.8 Å². The summed E-state index contributed by atoms with van der Waals surface area (Å²) in [5, 5.41) is 0.382. The fraction of sp³-hybridized carbons (Fsp3) is 0.567. The monoisotopic (exact) mass is 611 g/mol. The molecule has 0 spiro atoms. The molecule has 0 aromatic heterocycles. The van der Waals surface area contributed by atoms with Crippen molar-refractivity contribution in [2.75, 3.05) is 0 Å². The first-order chi connectivity index (χ1) is 17.5. The van der Waals surface area contributed by atoms with Crippen LogP contribution < -0.4 is 11.5 Å². The summed E-state index contributed by atoms with van der Waals surface area (Å²) in [6, 6.07) is 8.26. The van der Waals surface area contributed by atoms with Gasteiger partial charge in [-0.3, -0.25) is 9.59 Å². The number of hydrogen-bond acceptors (Lipinski definition) is 5. The third-order valence-corrected chi connectivity index (χ3v) is 7.36. The van der Waals surface area contributed by atoms with Crippen LogP contribution in [0.4, 0.5) is 0 Å². The van der Waals surface area contributed by atoms with Crippen molar-refractivity contribution >= 4 is 45.9 Å². The fourth-order valence-electron chi connectivity index (χ4n) is 2.34. The summed E-state index contributed by atoms with van der Waals surface area (Å²) in [6.45, 7) is 20.5. The quantitative estimate of drug-likeness (QED) is 0.121. The van der Waals surface area contributed by atoms with Gasteiger partial charge in [-0.25, -0.2) is 4.99 Å². The summed E-state index contributed by atoms with van der Waals surface area (Å²) in [5.74, 6) is -0.426. The van der Waals surface area contributed by atoms with E-state index in [4.69, 9.17) is 16.2 Å². The Kier molecular flexibility index (Phi) is 20.0. The Bertz CT molecular complexity index is 914. The van der Waals surface area contributed by atoms with Gasteiger partial charge in [-0.1, -0.05) is 93.4 Å². The number of benzene rings is 1. The standard InChI is InChI=1S/C15H22O2.C11H21NOS.C4H7BrN2/c1-5-15(3,4)17-14(16)11-10-13-8-6-12(2)7-9-13;1-6-7-9(10(12)13)14-8(2)11(3,4)5;1-4(5)2-7-3-6/h6-9H,5,10-11H2,1-4H3;7-8H,6H2,1-5H3,(H2,12,13);2-3H,1H3,(H2,6,7)/b;9-7-;4-2+. The molecule has 216 valence electrons. The molecule has 1 atom stereocenters. The molecule has 0 fully saturated rings. The minimum atomic E-state index is -0.343. The Morgan fingerprint density at radius 1 is 1.13 bits per heavy atom. The molecule has 1 aromatic rings. The van der Waals surface area contributed by atoms with Crippen LogP contribution in [-0.2, 0) is 20.7 Å². The number of carbonyl (C=O) groups excluding carboxylic acids is 2. The molecule has 1 rings (SSSR count). The third kappa shape index (κ3) is 20.9. The van der Waals surface area contributed by atoms with Gasteiger partial charge in [-0.05, 0) is 57.9 Å². The normalized spacial score (nSPS) is 13.1. The number of aryl methyl sites for hydroxylation is 2. The molecule has 1 aromatic carbocycles. The van der Waals surface area contributed by atoms with Gasteiger partial charge in [0.15, 0.2) is 0 Å². The van der Waals surface area contributed by atoms with E-state index in [1.807, 2.05) is 40.7 Å². The molecule has 38 heavy (non-hydrogen) atoms. The summed E-state index contributed by atoms with van der Waals surface area (Å²) in [6.07, 6.45) is 7.65. The maximum Gasteiger partial charge on any atom is 0.306 e. The Labute approximate surface area is 244 Å². The second-order valence-corrected chi connectivity index (χ2v) is 13.2. The zero-order chi connectivity index (χ0) is 29.9. The predicted octanol–water partition coefficient (Wildman–Crippen LogP) is 7.82. The van der Waals surface area contributed by atoms with Gasteiger partial charge in [0, 0.05) is 22.4 Å².